The van der Waals surface area contributed by atoms with Gasteiger partial charge in [0.1, 0.15) is 16.2 Å². The van der Waals surface area contributed by atoms with Crippen molar-refractivity contribution < 1.29 is 19.1 Å². The van der Waals surface area contributed by atoms with Crippen LogP contribution in [0.25, 0.3) is 0 Å². The Morgan fingerprint density at radius 1 is 1.12 bits per heavy atom. The average Bonchev–Trinajstić information content (AvgIpc) is 3.34. The Balaban J connectivity index is 1.74. The monoisotopic (exact) mass is 541 g/mol. The van der Waals surface area contributed by atoms with Crippen molar-refractivity contribution in [3.05, 3.63) is 56.1 Å². The Labute approximate surface area is 215 Å². The summed E-state index contributed by atoms with van der Waals surface area (Å²) in [4.78, 5) is 29.3. The number of anilines is 2. The Hall–Kier alpha value is -2.73. The molecule has 0 radical (unpaired) electrons. The van der Waals surface area contributed by atoms with Gasteiger partial charge in [-0.25, -0.2) is 19.3 Å². The number of aromatic nitrogens is 3. The smallest absolute Gasteiger partial charge is 0.348 e. The number of thiophene rings is 1. The number of thiocarbonyl (C=S) groups is 1. The van der Waals surface area contributed by atoms with E-state index in [4.69, 9.17) is 44.9 Å². The van der Waals surface area contributed by atoms with E-state index in [1.54, 1.807) is 37.6 Å². The maximum atomic E-state index is 12.5. The van der Waals surface area contributed by atoms with Gasteiger partial charge in [0.25, 0.3) is 0 Å². The van der Waals surface area contributed by atoms with Gasteiger partial charge >= 0.3 is 11.9 Å². The van der Waals surface area contributed by atoms with Gasteiger partial charge in [-0.3, -0.25) is 5.32 Å². The molecule has 0 aliphatic carbocycles. The van der Waals surface area contributed by atoms with Crippen molar-refractivity contribution >= 4 is 74.8 Å². The van der Waals surface area contributed by atoms with Gasteiger partial charge in [0.2, 0.25) is 5.95 Å². The molecule has 0 unspecified atom stereocenters. The number of esters is 2. The van der Waals surface area contributed by atoms with Crippen LogP contribution in [0.3, 0.4) is 0 Å². The number of nitrogens with zero attached hydrogens (tertiary/aromatic N) is 3. The lowest BCUT2D eigenvalue weighted by Crippen LogP contribution is -2.21. The molecule has 0 aliphatic rings. The maximum Gasteiger partial charge on any atom is 0.348 e. The van der Waals surface area contributed by atoms with E-state index in [-0.39, 0.29) is 29.8 Å². The minimum atomic E-state index is -0.568. The minimum Gasteiger partial charge on any atom is -0.462 e. The van der Waals surface area contributed by atoms with Crippen LogP contribution >= 0.6 is 46.8 Å². The number of ether oxygens (including phenoxy) is 2. The van der Waals surface area contributed by atoms with Crippen molar-refractivity contribution in [3.63, 3.8) is 0 Å². The highest BCUT2D eigenvalue weighted by molar-refractivity contribution is 7.80. The predicted octanol–water partition coefficient (Wildman–Crippen LogP) is 5.17. The summed E-state index contributed by atoms with van der Waals surface area (Å²) in [6.45, 7) is 5.88. The number of halogens is 2. The van der Waals surface area contributed by atoms with Crippen LogP contribution in [0.4, 0.5) is 10.9 Å². The van der Waals surface area contributed by atoms with E-state index in [0.29, 0.717) is 32.0 Å². The molecular weight excluding hydrogens is 521 g/mol. The topological polar surface area (TPSA) is 107 Å². The van der Waals surface area contributed by atoms with Gasteiger partial charge in [0.15, 0.2) is 5.11 Å². The molecule has 3 aromatic rings. The summed E-state index contributed by atoms with van der Waals surface area (Å²) >= 11 is 18.4. The summed E-state index contributed by atoms with van der Waals surface area (Å²) < 4.78 is 11.8. The molecule has 180 valence electrons. The van der Waals surface area contributed by atoms with E-state index >= 15 is 0 Å². The van der Waals surface area contributed by atoms with Crippen molar-refractivity contribution in [2.24, 2.45) is 0 Å². The maximum absolute atomic E-state index is 12.5. The van der Waals surface area contributed by atoms with Gasteiger partial charge in [0.05, 0.1) is 35.4 Å². The summed E-state index contributed by atoms with van der Waals surface area (Å²) in [7, 11) is 0. The Bertz CT molecular complexity index is 1230. The normalized spacial score (nSPS) is 10.6. The summed E-state index contributed by atoms with van der Waals surface area (Å²) in [5.74, 6) is -0.847. The zero-order valence-electron chi connectivity index (χ0n) is 18.5. The fourth-order valence-electron chi connectivity index (χ4n) is 2.93. The van der Waals surface area contributed by atoms with Crippen LogP contribution in [0.5, 0.6) is 0 Å². The minimum absolute atomic E-state index is 0.134. The molecule has 0 fully saturated rings. The highest BCUT2D eigenvalue weighted by atomic mass is 35.5. The quantitative estimate of drug-likeness (QED) is 0.295. The lowest BCUT2D eigenvalue weighted by Gasteiger charge is -2.09. The van der Waals surface area contributed by atoms with Crippen molar-refractivity contribution in [1.82, 2.24) is 14.8 Å². The molecule has 13 heteroatoms. The molecule has 34 heavy (non-hydrogen) atoms. The molecule has 3 rings (SSSR count). The van der Waals surface area contributed by atoms with Crippen LogP contribution in [0.15, 0.2) is 24.5 Å². The van der Waals surface area contributed by atoms with Gasteiger partial charge in [0, 0.05) is 0 Å². The molecule has 0 aliphatic heterocycles. The second-order valence-corrected chi connectivity index (χ2v) is 9.04. The van der Waals surface area contributed by atoms with E-state index in [1.165, 1.54) is 6.33 Å². The summed E-state index contributed by atoms with van der Waals surface area (Å²) in [6.07, 6.45) is 1.53. The molecule has 0 amide bonds. The molecule has 2 aromatic heterocycles. The van der Waals surface area contributed by atoms with Crippen LogP contribution in [0, 0.1) is 6.92 Å². The fourth-order valence-corrected chi connectivity index (χ4v) is 4.60. The van der Waals surface area contributed by atoms with Crippen molar-refractivity contribution in [2.45, 2.75) is 27.3 Å². The van der Waals surface area contributed by atoms with Crippen LogP contribution in [-0.4, -0.2) is 45.0 Å². The molecule has 1 aromatic carbocycles. The number of hydrogen-bond acceptors (Lipinski definition) is 8. The van der Waals surface area contributed by atoms with Gasteiger partial charge in [-0.05, 0) is 56.2 Å². The summed E-state index contributed by atoms with van der Waals surface area (Å²) in [5, 5.41) is 11.5. The SMILES string of the molecule is CCOC(=O)c1sc(NC(=S)Nc2ncn(Cc3ccc(Cl)c(Cl)c3)n2)c(C(=O)OCC)c1C. The van der Waals surface area contributed by atoms with E-state index in [1.807, 2.05) is 6.07 Å². The average molecular weight is 542 g/mol. The predicted molar refractivity (Wildman–Crippen MR) is 136 cm³/mol. The Morgan fingerprint density at radius 2 is 1.82 bits per heavy atom. The number of benzene rings is 1. The van der Waals surface area contributed by atoms with Crippen LogP contribution in [-0.2, 0) is 16.0 Å². The standard InChI is InChI=1S/C21H21Cl2N5O4S2/c1-4-31-18(29)15-11(3)16(19(30)32-5-2)34-17(15)25-21(33)26-20-24-10-28(27-20)9-12-6-7-13(22)14(23)8-12/h6-8,10H,4-5,9H2,1-3H3,(H2,25,26,27,33). The highest BCUT2D eigenvalue weighted by Crippen LogP contribution is 2.34. The molecule has 2 N–H and O–H groups in total. The number of hydrogen-bond donors (Lipinski definition) is 2. The first kappa shape index (κ1) is 25.9. The second-order valence-electron chi connectivity index (χ2n) is 6.79. The summed E-state index contributed by atoms with van der Waals surface area (Å²) in [6, 6.07) is 5.30. The van der Waals surface area contributed by atoms with E-state index in [2.05, 4.69) is 20.7 Å². The van der Waals surface area contributed by atoms with Gasteiger partial charge in [-0.2, -0.15) is 0 Å². The Morgan fingerprint density at radius 3 is 2.50 bits per heavy atom. The fraction of sp³-hybridized carbons (Fsp3) is 0.286. The zero-order valence-corrected chi connectivity index (χ0v) is 21.6. The van der Waals surface area contributed by atoms with Crippen LogP contribution in [0.2, 0.25) is 10.0 Å². The molecular formula is C21H21Cl2N5O4S2. The van der Waals surface area contributed by atoms with Crippen molar-refractivity contribution in [1.29, 1.82) is 0 Å². The molecule has 0 saturated heterocycles. The number of rotatable bonds is 8. The van der Waals surface area contributed by atoms with Gasteiger partial charge in [-0.15, -0.1) is 16.4 Å². The molecule has 0 atom stereocenters. The first-order valence-corrected chi connectivity index (χ1v) is 12.1. The van der Waals surface area contributed by atoms with Crippen molar-refractivity contribution in [2.75, 3.05) is 23.8 Å². The third kappa shape index (κ3) is 6.23. The number of nitrogens with one attached hydrogen (secondary N) is 2. The lowest BCUT2D eigenvalue weighted by atomic mass is 10.1. The first-order valence-electron chi connectivity index (χ1n) is 10.1. The zero-order chi connectivity index (χ0) is 24.8. The highest BCUT2D eigenvalue weighted by Gasteiger charge is 2.27. The van der Waals surface area contributed by atoms with E-state index in [0.717, 1.165) is 16.9 Å². The van der Waals surface area contributed by atoms with E-state index in [9.17, 15) is 9.59 Å². The largest absolute Gasteiger partial charge is 0.462 e. The number of carbonyl (C=O) groups is 2. The molecule has 0 saturated carbocycles. The third-order valence-electron chi connectivity index (χ3n) is 4.40. The molecule has 9 nitrogen and oxygen atoms in total. The molecule has 0 spiro atoms. The third-order valence-corrected chi connectivity index (χ3v) is 6.54. The molecule has 0 bridgehead atoms. The van der Waals surface area contributed by atoms with Crippen molar-refractivity contribution in [3.8, 4) is 0 Å². The Kier molecular flexibility index (Phi) is 8.84. The van der Waals surface area contributed by atoms with Gasteiger partial charge < -0.3 is 14.8 Å². The van der Waals surface area contributed by atoms with Gasteiger partial charge in [-0.1, -0.05) is 29.3 Å². The van der Waals surface area contributed by atoms with Crippen LogP contribution in [0.1, 0.15) is 45.0 Å². The number of carbonyl (C=O) groups excluding carboxylic acids is 2. The first-order chi connectivity index (χ1) is 16.2. The van der Waals surface area contributed by atoms with Crippen LogP contribution < -0.4 is 10.6 Å². The molecule has 2 heterocycles. The summed E-state index contributed by atoms with van der Waals surface area (Å²) in [5.41, 5.74) is 1.57. The van der Waals surface area contributed by atoms with E-state index < -0.39 is 11.9 Å². The second kappa shape index (κ2) is 11.6. The lowest BCUT2D eigenvalue weighted by molar-refractivity contribution is 0.0527.